The van der Waals surface area contributed by atoms with E-state index in [2.05, 4.69) is 45.4 Å². The van der Waals surface area contributed by atoms with Crippen molar-refractivity contribution in [2.24, 2.45) is 0 Å². The van der Waals surface area contributed by atoms with E-state index in [1.54, 1.807) is 7.11 Å². The summed E-state index contributed by atoms with van der Waals surface area (Å²) in [6.45, 7) is 6.60. The summed E-state index contributed by atoms with van der Waals surface area (Å²) < 4.78 is 5.46. The molecule has 0 unspecified atom stereocenters. The van der Waals surface area contributed by atoms with Gasteiger partial charge in [0.25, 0.3) is 0 Å². The third kappa shape index (κ3) is 3.26. The lowest BCUT2D eigenvalue weighted by Crippen LogP contribution is -2.00. The lowest BCUT2D eigenvalue weighted by Gasteiger charge is -2.16. The summed E-state index contributed by atoms with van der Waals surface area (Å²) in [5, 5.41) is 0. The molecule has 1 aromatic rings. The SMILES string of the molecule is C[CH]CCCc1c(OC)cccc1C(C)C. The molecule has 1 aromatic carbocycles. The Labute approximate surface area is 99.8 Å². The first-order chi connectivity index (χ1) is 7.70. The number of unbranched alkanes of at least 4 members (excludes halogenated alkanes) is 2. The summed E-state index contributed by atoms with van der Waals surface area (Å²) in [6.07, 6.45) is 5.72. The van der Waals surface area contributed by atoms with Gasteiger partial charge in [0.2, 0.25) is 0 Å². The van der Waals surface area contributed by atoms with Gasteiger partial charge >= 0.3 is 0 Å². The Hall–Kier alpha value is -0.980. The molecule has 0 aliphatic heterocycles. The van der Waals surface area contributed by atoms with E-state index in [0.29, 0.717) is 5.92 Å². The quantitative estimate of drug-likeness (QED) is 0.646. The van der Waals surface area contributed by atoms with Gasteiger partial charge in [-0.25, -0.2) is 0 Å². The van der Waals surface area contributed by atoms with Crippen LogP contribution in [-0.4, -0.2) is 7.11 Å². The van der Waals surface area contributed by atoms with Gasteiger partial charge in [-0.05, 0) is 42.4 Å². The van der Waals surface area contributed by atoms with Gasteiger partial charge in [0.05, 0.1) is 7.11 Å². The van der Waals surface area contributed by atoms with Crippen LogP contribution in [0.3, 0.4) is 0 Å². The Morgan fingerprint density at radius 2 is 2.06 bits per heavy atom. The van der Waals surface area contributed by atoms with Crippen LogP contribution in [0.25, 0.3) is 0 Å². The summed E-state index contributed by atoms with van der Waals surface area (Å²) in [5.74, 6) is 1.61. The molecule has 0 saturated carbocycles. The predicted molar refractivity (Wildman–Crippen MR) is 70.0 cm³/mol. The second kappa shape index (κ2) is 6.57. The molecule has 0 atom stereocenters. The largest absolute Gasteiger partial charge is 0.496 e. The van der Waals surface area contributed by atoms with Crippen molar-refractivity contribution in [1.82, 2.24) is 0 Å². The highest BCUT2D eigenvalue weighted by Crippen LogP contribution is 2.29. The lowest BCUT2D eigenvalue weighted by atomic mass is 9.93. The van der Waals surface area contributed by atoms with Crippen molar-refractivity contribution in [3.63, 3.8) is 0 Å². The molecular formula is C15H23O. The summed E-state index contributed by atoms with van der Waals surface area (Å²) >= 11 is 0. The standard InChI is InChI=1S/C15H23O/c1-5-6-7-9-14-13(12(2)3)10-8-11-15(14)16-4/h5,8,10-12H,6-7,9H2,1-4H3. The Morgan fingerprint density at radius 1 is 1.31 bits per heavy atom. The van der Waals surface area contributed by atoms with E-state index in [1.807, 2.05) is 0 Å². The molecule has 1 nitrogen and oxygen atoms in total. The molecule has 0 fully saturated rings. The smallest absolute Gasteiger partial charge is 0.122 e. The summed E-state index contributed by atoms with van der Waals surface area (Å²) in [7, 11) is 1.76. The Morgan fingerprint density at radius 3 is 2.62 bits per heavy atom. The van der Waals surface area contributed by atoms with Crippen molar-refractivity contribution in [3.05, 3.63) is 35.7 Å². The number of hydrogen-bond donors (Lipinski definition) is 0. The van der Waals surface area contributed by atoms with Crippen molar-refractivity contribution in [2.45, 2.75) is 46.0 Å². The van der Waals surface area contributed by atoms with Crippen molar-refractivity contribution < 1.29 is 4.74 Å². The fourth-order valence-corrected chi connectivity index (χ4v) is 2.07. The summed E-state index contributed by atoms with van der Waals surface area (Å²) in [6, 6.07) is 6.37. The van der Waals surface area contributed by atoms with E-state index >= 15 is 0 Å². The summed E-state index contributed by atoms with van der Waals surface area (Å²) in [4.78, 5) is 0. The molecule has 89 valence electrons. The first-order valence-electron chi connectivity index (χ1n) is 6.14. The first kappa shape index (κ1) is 13.1. The average molecular weight is 219 g/mol. The third-order valence-corrected chi connectivity index (χ3v) is 2.93. The van der Waals surface area contributed by atoms with Gasteiger partial charge in [0, 0.05) is 0 Å². The highest BCUT2D eigenvalue weighted by atomic mass is 16.5. The minimum Gasteiger partial charge on any atom is -0.496 e. The van der Waals surface area contributed by atoms with Crippen molar-refractivity contribution in [3.8, 4) is 5.75 Å². The highest BCUT2D eigenvalue weighted by molar-refractivity contribution is 5.41. The minimum atomic E-state index is 0.565. The van der Waals surface area contributed by atoms with Crippen LogP contribution in [-0.2, 0) is 6.42 Å². The molecule has 0 heterocycles. The van der Waals surface area contributed by atoms with Gasteiger partial charge in [-0.3, -0.25) is 0 Å². The second-order valence-electron chi connectivity index (χ2n) is 4.48. The molecule has 0 aliphatic carbocycles. The number of rotatable bonds is 6. The van der Waals surface area contributed by atoms with Crippen LogP contribution in [0.4, 0.5) is 0 Å². The molecule has 0 bridgehead atoms. The van der Waals surface area contributed by atoms with Crippen LogP contribution in [0.1, 0.15) is 50.7 Å². The highest BCUT2D eigenvalue weighted by Gasteiger charge is 2.10. The van der Waals surface area contributed by atoms with Crippen molar-refractivity contribution in [2.75, 3.05) is 7.11 Å². The Balaban J connectivity index is 2.91. The van der Waals surface area contributed by atoms with Gasteiger partial charge in [0.15, 0.2) is 0 Å². The van der Waals surface area contributed by atoms with Crippen LogP contribution < -0.4 is 4.74 Å². The van der Waals surface area contributed by atoms with E-state index in [1.165, 1.54) is 24.0 Å². The van der Waals surface area contributed by atoms with E-state index in [0.717, 1.165) is 12.2 Å². The van der Waals surface area contributed by atoms with E-state index < -0.39 is 0 Å². The van der Waals surface area contributed by atoms with E-state index in [4.69, 9.17) is 4.74 Å². The second-order valence-corrected chi connectivity index (χ2v) is 4.48. The Kier molecular flexibility index (Phi) is 5.37. The van der Waals surface area contributed by atoms with Crippen LogP contribution in [0.5, 0.6) is 5.75 Å². The van der Waals surface area contributed by atoms with E-state index in [-0.39, 0.29) is 0 Å². The molecule has 0 aromatic heterocycles. The minimum absolute atomic E-state index is 0.565. The van der Waals surface area contributed by atoms with Crippen molar-refractivity contribution >= 4 is 0 Å². The molecule has 0 spiro atoms. The number of methoxy groups -OCH3 is 1. The average Bonchev–Trinajstić information content (AvgIpc) is 2.29. The third-order valence-electron chi connectivity index (χ3n) is 2.93. The maximum atomic E-state index is 5.46. The van der Waals surface area contributed by atoms with Gasteiger partial charge in [-0.1, -0.05) is 39.3 Å². The molecule has 16 heavy (non-hydrogen) atoms. The molecule has 0 amide bonds. The van der Waals surface area contributed by atoms with Crippen LogP contribution in [0.2, 0.25) is 0 Å². The molecule has 1 rings (SSSR count). The fourth-order valence-electron chi connectivity index (χ4n) is 2.07. The van der Waals surface area contributed by atoms with Crippen molar-refractivity contribution in [1.29, 1.82) is 0 Å². The first-order valence-corrected chi connectivity index (χ1v) is 6.14. The molecular weight excluding hydrogens is 196 g/mol. The van der Waals surface area contributed by atoms with E-state index in [9.17, 15) is 0 Å². The maximum absolute atomic E-state index is 5.46. The van der Waals surface area contributed by atoms with Crippen LogP contribution in [0.15, 0.2) is 18.2 Å². The van der Waals surface area contributed by atoms with Gasteiger partial charge in [-0.15, -0.1) is 0 Å². The Bertz CT molecular complexity index is 315. The van der Waals surface area contributed by atoms with Gasteiger partial charge in [0.1, 0.15) is 5.75 Å². The topological polar surface area (TPSA) is 9.23 Å². The molecule has 0 aliphatic rings. The monoisotopic (exact) mass is 219 g/mol. The zero-order valence-corrected chi connectivity index (χ0v) is 10.9. The molecule has 1 radical (unpaired) electrons. The van der Waals surface area contributed by atoms with Crippen LogP contribution in [0, 0.1) is 6.42 Å². The zero-order valence-electron chi connectivity index (χ0n) is 10.9. The predicted octanol–water partition coefficient (Wildman–Crippen LogP) is 4.37. The number of ether oxygens (including phenoxy) is 1. The number of benzene rings is 1. The summed E-state index contributed by atoms with van der Waals surface area (Å²) in [5.41, 5.74) is 2.82. The lowest BCUT2D eigenvalue weighted by molar-refractivity contribution is 0.408. The van der Waals surface area contributed by atoms with Gasteiger partial charge in [-0.2, -0.15) is 0 Å². The van der Waals surface area contributed by atoms with Crippen LogP contribution >= 0.6 is 0 Å². The molecule has 0 N–H and O–H groups in total. The fraction of sp³-hybridized carbons (Fsp3) is 0.533. The normalized spacial score (nSPS) is 10.8. The maximum Gasteiger partial charge on any atom is 0.122 e. The zero-order chi connectivity index (χ0) is 12.0. The molecule has 0 saturated heterocycles. The van der Waals surface area contributed by atoms with Gasteiger partial charge < -0.3 is 4.74 Å². The number of hydrogen-bond acceptors (Lipinski definition) is 1. The molecule has 1 heteroatoms.